The van der Waals surface area contributed by atoms with Crippen molar-refractivity contribution >= 4 is 29.3 Å². The van der Waals surface area contributed by atoms with Crippen molar-refractivity contribution in [2.75, 3.05) is 44.6 Å². The van der Waals surface area contributed by atoms with E-state index in [4.69, 9.17) is 0 Å². The van der Waals surface area contributed by atoms with E-state index >= 15 is 0 Å². The molecule has 1 aromatic carbocycles. The van der Waals surface area contributed by atoms with Crippen molar-refractivity contribution < 1.29 is 19.2 Å². The fourth-order valence-electron chi connectivity index (χ4n) is 4.81. The van der Waals surface area contributed by atoms with Gasteiger partial charge in [-0.2, -0.15) is 0 Å². The van der Waals surface area contributed by atoms with Gasteiger partial charge in [0.2, 0.25) is 23.6 Å². The average molecular weight is 439 g/mol. The van der Waals surface area contributed by atoms with Gasteiger partial charge in [0.25, 0.3) is 0 Å². The normalized spacial score (nSPS) is 23.4. The summed E-state index contributed by atoms with van der Waals surface area (Å²) < 4.78 is 0. The second-order valence-electron chi connectivity index (χ2n) is 8.89. The minimum absolute atomic E-state index is 0.0772. The monoisotopic (exact) mass is 438 g/mol. The topological polar surface area (TPSA) is 90.0 Å². The number of anilines is 1. The Bertz CT molecular complexity index is 918. The van der Waals surface area contributed by atoms with Gasteiger partial charge in [0.05, 0.1) is 18.4 Å². The summed E-state index contributed by atoms with van der Waals surface area (Å²) in [5.41, 5.74) is 2.90. The van der Waals surface area contributed by atoms with Gasteiger partial charge in [-0.3, -0.25) is 29.0 Å². The number of rotatable bonds is 5. The van der Waals surface area contributed by atoms with Crippen LogP contribution in [0.2, 0.25) is 0 Å². The Morgan fingerprint density at radius 3 is 2.03 bits per heavy atom. The molecule has 0 bridgehead atoms. The molecule has 1 N–H and O–H groups in total. The number of carbonyl (C=O) groups is 4. The number of hydrogen-bond acceptors (Lipinski definition) is 5. The molecule has 2 saturated heterocycles. The molecule has 3 aliphatic rings. The van der Waals surface area contributed by atoms with Crippen molar-refractivity contribution in [2.24, 2.45) is 11.8 Å². The number of nitrogens with zero attached hydrogens (tertiary/aromatic N) is 3. The molecule has 0 aromatic heterocycles. The van der Waals surface area contributed by atoms with E-state index in [2.05, 4.69) is 5.32 Å². The number of nitrogens with one attached hydrogen (secondary N) is 1. The Balaban J connectivity index is 1.26. The number of likely N-dealkylation sites (tertiary alicyclic amines) is 1. The number of carbonyl (C=O) groups excluding carboxylic acids is 4. The van der Waals surface area contributed by atoms with Crippen molar-refractivity contribution in [1.82, 2.24) is 14.7 Å². The van der Waals surface area contributed by atoms with Crippen LogP contribution >= 0.6 is 0 Å². The van der Waals surface area contributed by atoms with Crippen LogP contribution in [-0.4, -0.2) is 77.6 Å². The van der Waals surface area contributed by atoms with Crippen molar-refractivity contribution in [1.29, 1.82) is 0 Å². The van der Waals surface area contributed by atoms with Crippen LogP contribution in [-0.2, 0) is 19.2 Å². The van der Waals surface area contributed by atoms with Crippen LogP contribution in [0.15, 0.2) is 30.4 Å². The van der Waals surface area contributed by atoms with E-state index in [1.54, 1.807) is 4.90 Å². The van der Waals surface area contributed by atoms with Crippen LogP contribution in [0.1, 0.15) is 24.0 Å². The SMILES string of the molecule is Cc1cccc(C)c1NC(=O)CN1CCN(C(=O)CN2C(=O)C3CC=CCC3C2=O)CC1. The van der Waals surface area contributed by atoms with Crippen LogP contribution < -0.4 is 5.32 Å². The van der Waals surface area contributed by atoms with Gasteiger partial charge in [0.15, 0.2) is 0 Å². The molecule has 0 radical (unpaired) electrons. The Morgan fingerprint density at radius 1 is 0.906 bits per heavy atom. The lowest BCUT2D eigenvalue weighted by Crippen LogP contribution is -2.53. The van der Waals surface area contributed by atoms with E-state index in [0.717, 1.165) is 21.7 Å². The number of piperazine rings is 1. The number of allylic oxidation sites excluding steroid dienone is 2. The molecular weight excluding hydrogens is 408 g/mol. The highest BCUT2D eigenvalue weighted by Gasteiger charge is 2.48. The van der Waals surface area contributed by atoms with E-state index in [0.29, 0.717) is 39.0 Å². The summed E-state index contributed by atoms with van der Waals surface area (Å²) in [6.45, 7) is 6.10. The molecule has 2 heterocycles. The maximum atomic E-state index is 12.8. The summed E-state index contributed by atoms with van der Waals surface area (Å²) in [5, 5.41) is 2.99. The molecule has 2 unspecified atom stereocenters. The predicted molar refractivity (Wildman–Crippen MR) is 120 cm³/mol. The number of amides is 4. The maximum absolute atomic E-state index is 12.8. The summed E-state index contributed by atoms with van der Waals surface area (Å²) in [6, 6.07) is 5.90. The molecule has 1 aromatic rings. The summed E-state index contributed by atoms with van der Waals surface area (Å²) in [5.74, 6) is -1.36. The third-order valence-electron chi connectivity index (χ3n) is 6.73. The Hall–Kier alpha value is -3.00. The number of aryl methyl sites for hydroxylation is 2. The zero-order valence-corrected chi connectivity index (χ0v) is 18.7. The molecular formula is C24H30N4O4. The standard InChI is InChI=1S/C24H30N4O4/c1-16-6-5-7-17(2)22(16)25-20(29)14-26-10-12-27(13-11-26)21(30)15-28-23(31)18-8-3-4-9-19(18)24(28)32/h3-7,18-19H,8-15H2,1-2H3,(H,25,29). The fourth-order valence-corrected chi connectivity index (χ4v) is 4.81. The van der Waals surface area contributed by atoms with Gasteiger partial charge in [0.1, 0.15) is 6.54 Å². The average Bonchev–Trinajstić information content (AvgIpc) is 3.02. The first-order valence-corrected chi connectivity index (χ1v) is 11.2. The van der Waals surface area contributed by atoms with Gasteiger partial charge in [-0.05, 0) is 37.8 Å². The van der Waals surface area contributed by atoms with Gasteiger partial charge in [-0.25, -0.2) is 0 Å². The molecule has 32 heavy (non-hydrogen) atoms. The molecule has 170 valence electrons. The third kappa shape index (κ3) is 4.46. The highest BCUT2D eigenvalue weighted by Crippen LogP contribution is 2.34. The molecule has 8 heteroatoms. The zero-order valence-electron chi connectivity index (χ0n) is 18.7. The first-order chi connectivity index (χ1) is 15.3. The van der Waals surface area contributed by atoms with E-state index in [-0.39, 0.29) is 48.6 Å². The number of hydrogen-bond donors (Lipinski definition) is 1. The highest BCUT2D eigenvalue weighted by atomic mass is 16.2. The van der Waals surface area contributed by atoms with Crippen LogP contribution in [0.3, 0.4) is 0 Å². The summed E-state index contributed by atoms with van der Waals surface area (Å²) in [4.78, 5) is 55.3. The van der Waals surface area contributed by atoms with Gasteiger partial charge in [0, 0.05) is 31.9 Å². The van der Waals surface area contributed by atoms with Crippen LogP contribution in [0.4, 0.5) is 5.69 Å². The molecule has 2 aliphatic heterocycles. The fraction of sp³-hybridized carbons (Fsp3) is 0.500. The Kier molecular flexibility index (Phi) is 6.41. The van der Waals surface area contributed by atoms with E-state index in [1.807, 2.05) is 49.1 Å². The van der Waals surface area contributed by atoms with Crippen LogP contribution in [0.5, 0.6) is 0 Å². The minimum atomic E-state index is -0.312. The van der Waals surface area contributed by atoms with Crippen molar-refractivity contribution in [3.05, 3.63) is 41.5 Å². The first-order valence-electron chi connectivity index (χ1n) is 11.2. The number of imide groups is 1. The second-order valence-corrected chi connectivity index (χ2v) is 8.89. The maximum Gasteiger partial charge on any atom is 0.242 e. The lowest BCUT2D eigenvalue weighted by Gasteiger charge is -2.35. The summed E-state index contributed by atoms with van der Waals surface area (Å²) in [6.07, 6.45) is 5.02. The lowest BCUT2D eigenvalue weighted by atomic mass is 9.85. The quantitative estimate of drug-likeness (QED) is 0.554. The summed E-state index contributed by atoms with van der Waals surface area (Å²) >= 11 is 0. The molecule has 4 amide bonds. The lowest BCUT2D eigenvalue weighted by molar-refractivity contribution is -0.147. The zero-order chi connectivity index (χ0) is 22.8. The van der Waals surface area contributed by atoms with Gasteiger partial charge in [-0.15, -0.1) is 0 Å². The number of fused-ring (bicyclic) bond motifs is 1. The Labute approximate surface area is 188 Å². The van der Waals surface area contributed by atoms with Gasteiger partial charge >= 0.3 is 0 Å². The molecule has 0 saturated carbocycles. The van der Waals surface area contributed by atoms with Crippen molar-refractivity contribution in [3.8, 4) is 0 Å². The molecule has 2 fully saturated rings. The predicted octanol–water partition coefficient (Wildman–Crippen LogP) is 1.34. The number of benzene rings is 1. The number of para-hydroxylation sites is 1. The minimum Gasteiger partial charge on any atom is -0.339 e. The van der Waals surface area contributed by atoms with Crippen molar-refractivity contribution in [2.45, 2.75) is 26.7 Å². The largest absolute Gasteiger partial charge is 0.339 e. The second kappa shape index (κ2) is 9.24. The highest BCUT2D eigenvalue weighted by molar-refractivity contribution is 6.07. The van der Waals surface area contributed by atoms with Gasteiger partial charge in [-0.1, -0.05) is 30.4 Å². The Morgan fingerprint density at radius 2 is 1.47 bits per heavy atom. The van der Waals surface area contributed by atoms with E-state index < -0.39 is 0 Å². The van der Waals surface area contributed by atoms with Crippen LogP contribution in [0.25, 0.3) is 0 Å². The van der Waals surface area contributed by atoms with Crippen molar-refractivity contribution in [3.63, 3.8) is 0 Å². The molecule has 0 spiro atoms. The van der Waals surface area contributed by atoms with E-state index in [9.17, 15) is 19.2 Å². The van der Waals surface area contributed by atoms with Crippen LogP contribution in [0, 0.1) is 25.7 Å². The molecule has 2 atom stereocenters. The third-order valence-corrected chi connectivity index (χ3v) is 6.73. The molecule has 4 rings (SSSR count). The first kappa shape index (κ1) is 22.2. The molecule has 1 aliphatic carbocycles. The van der Waals surface area contributed by atoms with E-state index in [1.165, 1.54) is 0 Å². The summed E-state index contributed by atoms with van der Waals surface area (Å²) in [7, 11) is 0. The smallest absolute Gasteiger partial charge is 0.242 e. The van der Waals surface area contributed by atoms with Gasteiger partial charge < -0.3 is 10.2 Å². The molecule has 8 nitrogen and oxygen atoms in total.